The van der Waals surface area contributed by atoms with E-state index in [0.29, 0.717) is 24.0 Å². The first kappa shape index (κ1) is 17.0. The molecule has 0 aliphatic rings. The second-order valence-electron chi connectivity index (χ2n) is 5.23. The van der Waals surface area contributed by atoms with Gasteiger partial charge >= 0.3 is 5.97 Å². The van der Waals surface area contributed by atoms with Crippen LogP contribution in [0.25, 0.3) is 0 Å². The van der Waals surface area contributed by atoms with Crippen LogP contribution in [0.3, 0.4) is 0 Å². The van der Waals surface area contributed by atoms with Crippen molar-refractivity contribution < 1.29 is 14.3 Å². The van der Waals surface area contributed by atoms with Crippen LogP contribution in [0.1, 0.15) is 31.4 Å². The predicted molar refractivity (Wildman–Crippen MR) is 84.3 cm³/mol. The molecule has 0 bridgehead atoms. The van der Waals surface area contributed by atoms with Gasteiger partial charge in [0.25, 0.3) is 0 Å². The Morgan fingerprint density at radius 2 is 1.90 bits per heavy atom. The van der Waals surface area contributed by atoms with Crippen molar-refractivity contribution in [2.24, 2.45) is 10.9 Å². The zero-order chi connectivity index (χ0) is 15.8. The highest BCUT2D eigenvalue weighted by Gasteiger charge is 2.11. The van der Waals surface area contributed by atoms with Gasteiger partial charge in [-0.25, -0.2) is 4.79 Å². The van der Waals surface area contributed by atoms with Gasteiger partial charge in [-0.15, -0.1) is 0 Å². The van der Waals surface area contributed by atoms with Crippen LogP contribution < -0.4 is 0 Å². The van der Waals surface area contributed by atoms with Crippen molar-refractivity contribution in [2.75, 3.05) is 14.2 Å². The minimum atomic E-state index is -0.426. The number of hydrogen-bond donors (Lipinski definition) is 0. The summed E-state index contributed by atoms with van der Waals surface area (Å²) < 4.78 is 10.5. The van der Waals surface area contributed by atoms with Crippen LogP contribution in [0.2, 0.25) is 0 Å². The molecule has 1 aromatic carbocycles. The number of carbonyl (C=O) groups is 1. The summed E-state index contributed by atoms with van der Waals surface area (Å²) >= 11 is 0. The molecule has 1 rings (SSSR count). The summed E-state index contributed by atoms with van der Waals surface area (Å²) in [6.07, 6.45) is 2.01. The van der Waals surface area contributed by atoms with Gasteiger partial charge in [-0.3, -0.25) is 4.99 Å². The molecule has 0 aliphatic heterocycles. The number of allylic oxidation sites excluding steroid dienone is 1. The molecule has 1 aromatic rings. The fraction of sp³-hybridized carbons (Fsp3) is 0.412. The minimum absolute atomic E-state index is 0.358. The van der Waals surface area contributed by atoms with Gasteiger partial charge in [0.2, 0.25) is 5.90 Å². The number of carbonyl (C=O) groups excluding carboxylic acids is 1. The van der Waals surface area contributed by atoms with Crippen molar-refractivity contribution >= 4 is 11.9 Å². The van der Waals surface area contributed by atoms with Crippen molar-refractivity contribution in [3.63, 3.8) is 0 Å². The molecule has 0 radical (unpaired) electrons. The Kier molecular flexibility index (Phi) is 6.66. The second-order valence-corrected chi connectivity index (χ2v) is 5.23. The lowest BCUT2D eigenvalue weighted by Gasteiger charge is -2.14. The maximum absolute atomic E-state index is 11.4. The minimum Gasteiger partial charge on any atom is -0.466 e. The highest BCUT2D eigenvalue weighted by Crippen LogP contribution is 2.16. The topological polar surface area (TPSA) is 47.9 Å². The highest BCUT2D eigenvalue weighted by molar-refractivity contribution is 5.95. The van der Waals surface area contributed by atoms with E-state index in [0.717, 1.165) is 5.56 Å². The molecule has 0 N–H and O–H groups in total. The van der Waals surface area contributed by atoms with Crippen LogP contribution in [0.4, 0.5) is 0 Å². The van der Waals surface area contributed by atoms with E-state index >= 15 is 0 Å². The third-order valence-electron chi connectivity index (χ3n) is 2.82. The van der Waals surface area contributed by atoms with Gasteiger partial charge in [-0.1, -0.05) is 31.5 Å². The van der Waals surface area contributed by atoms with Crippen molar-refractivity contribution in [3.8, 4) is 0 Å². The van der Waals surface area contributed by atoms with E-state index in [2.05, 4.69) is 23.6 Å². The van der Waals surface area contributed by atoms with E-state index in [1.807, 2.05) is 31.2 Å². The predicted octanol–water partition coefficient (Wildman–Crippen LogP) is 3.49. The maximum atomic E-state index is 11.4. The number of hydrogen-bond acceptors (Lipinski definition) is 4. The Hall–Kier alpha value is -2.10. The normalized spacial score (nSPS) is 12.5. The highest BCUT2D eigenvalue weighted by atomic mass is 16.5. The van der Waals surface area contributed by atoms with Gasteiger partial charge < -0.3 is 9.47 Å². The lowest BCUT2D eigenvalue weighted by atomic mass is 10.1. The van der Waals surface area contributed by atoms with E-state index in [1.165, 1.54) is 18.7 Å². The van der Waals surface area contributed by atoms with Crippen molar-refractivity contribution in [3.05, 3.63) is 47.2 Å². The smallest absolute Gasteiger partial charge is 0.333 e. The summed E-state index contributed by atoms with van der Waals surface area (Å²) in [5, 5.41) is 0. The third-order valence-corrected chi connectivity index (χ3v) is 2.82. The number of ether oxygens (including phenoxy) is 2. The Balaban J connectivity index is 2.96. The molecule has 0 saturated carbocycles. The summed E-state index contributed by atoms with van der Waals surface area (Å²) in [6.45, 7) is 6.14. The van der Waals surface area contributed by atoms with Crippen molar-refractivity contribution in [1.29, 1.82) is 0 Å². The van der Waals surface area contributed by atoms with Crippen LogP contribution in [-0.4, -0.2) is 26.0 Å². The van der Waals surface area contributed by atoms with Gasteiger partial charge in [-0.05, 0) is 25.0 Å². The van der Waals surface area contributed by atoms with Crippen molar-refractivity contribution in [2.45, 2.75) is 27.2 Å². The summed E-state index contributed by atoms with van der Waals surface area (Å²) in [5.41, 5.74) is 2.05. The van der Waals surface area contributed by atoms with E-state index in [1.54, 1.807) is 7.05 Å². The zero-order valence-corrected chi connectivity index (χ0v) is 13.3. The van der Waals surface area contributed by atoms with Crippen LogP contribution >= 0.6 is 0 Å². The van der Waals surface area contributed by atoms with Gasteiger partial charge in [0, 0.05) is 19.0 Å². The molecule has 0 aliphatic carbocycles. The SMILES string of the molecule is CN=C(O/C(=C/C(=O)OC)CC(C)C)c1ccc(C)cc1. The molecule has 114 valence electrons. The van der Waals surface area contributed by atoms with Crippen LogP contribution in [-0.2, 0) is 14.3 Å². The molecule has 4 nitrogen and oxygen atoms in total. The summed E-state index contributed by atoms with van der Waals surface area (Å²) in [4.78, 5) is 15.6. The lowest BCUT2D eigenvalue weighted by Crippen LogP contribution is -2.10. The number of nitrogens with zero attached hydrogens (tertiary/aromatic N) is 1. The number of rotatable bonds is 5. The van der Waals surface area contributed by atoms with Gasteiger partial charge in [0.05, 0.1) is 13.2 Å². The summed E-state index contributed by atoms with van der Waals surface area (Å²) in [7, 11) is 3.01. The lowest BCUT2D eigenvalue weighted by molar-refractivity contribution is -0.135. The standard InChI is InChI=1S/C17H23NO3/c1-12(2)10-15(11-16(19)20-5)21-17(18-4)14-8-6-13(3)7-9-14/h6-9,11-12H,10H2,1-5H3/b15-11+,18-17?. The zero-order valence-electron chi connectivity index (χ0n) is 13.3. The van der Waals surface area contributed by atoms with Crippen molar-refractivity contribution in [1.82, 2.24) is 0 Å². The van der Waals surface area contributed by atoms with E-state index in [9.17, 15) is 4.79 Å². The van der Waals surface area contributed by atoms with Crippen LogP contribution in [0.15, 0.2) is 41.1 Å². The second kappa shape index (κ2) is 8.25. The average Bonchev–Trinajstić information content (AvgIpc) is 2.44. The average molecular weight is 289 g/mol. The van der Waals surface area contributed by atoms with E-state index in [-0.39, 0.29) is 0 Å². The molecule has 21 heavy (non-hydrogen) atoms. The fourth-order valence-corrected chi connectivity index (χ4v) is 1.78. The number of methoxy groups -OCH3 is 1. The maximum Gasteiger partial charge on any atom is 0.333 e. The molecule has 0 aromatic heterocycles. The Bertz CT molecular complexity index is 527. The van der Waals surface area contributed by atoms with Crippen LogP contribution in [0, 0.1) is 12.8 Å². The van der Waals surface area contributed by atoms with Gasteiger partial charge in [-0.2, -0.15) is 0 Å². The van der Waals surface area contributed by atoms with Gasteiger partial charge in [0.15, 0.2) is 0 Å². The molecule has 0 atom stereocenters. The molecule has 0 spiro atoms. The molecular weight excluding hydrogens is 266 g/mol. The van der Waals surface area contributed by atoms with Crippen LogP contribution in [0.5, 0.6) is 0 Å². The molecular formula is C17H23NO3. The van der Waals surface area contributed by atoms with E-state index in [4.69, 9.17) is 4.74 Å². The molecule has 0 unspecified atom stereocenters. The van der Waals surface area contributed by atoms with Gasteiger partial charge in [0.1, 0.15) is 5.76 Å². The first-order valence-electron chi connectivity index (χ1n) is 6.96. The summed E-state index contributed by atoms with van der Waals surface area (Å²) in [5.74, 6) is 0.978. The first-order valence-corrected chi connectivity index (χ1v) is 6.96. The number of aryl methyl sites for hydroxylation is 1. The Morgan fingerprint density at radius 3 is 2.38 bits per heavy atom. The first-order chi connectivity index (χ1) is 9.96. The molecule has 4 heteroatoms. The quantitative estimate of drug-likeness (QED) is 0.274. The monoisotopic (exact) mass is 289 g/mol. The molecule has 0 saturated heterocycles. The molecule has 0 amide bonds. The molecule has 0 fully saturated rings. The third kappa shape index (κ3) is 5.81. The summed E-state index contributed by atoms with van der Waals surface area (Å²) in [6, 6.07) is 7.89. The number of aliphatic imine (C=N–C) groups is 1. The molecule has 0 heterocycles. The van der Waals surface area contributed by atoms with E-state index < -0.39 is 5.97 Å². The Labute approximate surface area is 126 Å². The number of benzene rings is 1. The largest absolute Gasteiger partial charge is 0.466 e. The fourth-order valence-electron chi connectivity index (χ4n) is 1.78. The number of esters is 1. The Morgan fingerprint density at radius 1 is 1.29 bits per heavy atom.